The number of ether oxygens (including phenoxy) is 1. The molecular formula is C20H24N4O5. The summed E-state index contributed by atoms with van der Waals surface area (Å²) < 4.78 is 6.98. The van der Waals surface area contributed by atoms with Crippen molar-refractivity contribution in [1.82, 2.24) is 9.47 Å². The molecule has 0 spiro atoms. The predicted molar refractivity (Wildman–Crippen MR) is 109 cm³/mol. The van der Waals surface area contributed by atoms with Gasteiger partial charge < -0.3 is 19.1 Å². The van der Waals surface area contributed by atoms with Crippen LogP contribution in [-0.4, -0.2) is 60.2 Å². The molecule has 2 aliphatic rings. The van der Waals surface area contributed by atoms with E-state index < -0.39 is 16.3 Å². The van der Waals surface area contributed by atoms with Gasteiger partial charge in [0.15, 0.2) is 5.43 Å². The number of benzene rings is 1. The van der Waals surface area contributed by atoms with Gasteiger partial charge in [0.1, 0.15) is 11.4 Å². The average molecular weight is 400 g/mol. The molecule has 2 fully saturated rings. The number of anilines is 1. The van der Waals surface area contributed by atoms with Crippen LogP contribution in [-0.2, 0) is 4.74 Å². The second-order valence-electron chi connectivity index (χ2n) is 7.62. The van der Waals surface area contributed by atoms with Crippen LogP contribution in [0.4, 0.5) is 11.4 Å². The SMILES string of the molecule is CCOC(=O)c1cc(=O)c2cc([N+](=O)[O-])c(N3CCN(C)CC3)cc2n1C1CC1. The minimum atomic E-state index is -0.544. The van der Waals surface area contributed by atoms with E-state index in [1.54, 1.807) is 13.0 Å². The molecule has 2 heterocycles. The van der Waals surface area contributed by atoms with Crippen LogP contribution in [0.1, 0.15) is 36.3 Å². The van der Waals surface area contributed by atoms with Crippen molar-refractivity contribution in [3.8, 4) is 0 Å². The van der Waals surface area contributed by atoms with Gasteiger partial charge in [-0.2, -0.15) is 0 Å². The van der Waals surface area contributed by atoms with Gasteiger partial charge in [-0.05, 0) is 32.9 Å². The van der Waals surface area contributed by atoms with Gasteiger partial charge in [-0.25, -0.2) is 4.79 Å². The molecule has 9 nitrogen and oxygen atoms in total. The predicted octanol–water partition coefficient (Wildman–Crippen LogP) is 2.17. The number of nitro benzene ring substituents is 1. The molecule has 0 atom stereocenters. The number of likely N-dealkylation sites (N-methyl/N-ethyl adjacent to an activating group) is 1. The fourth-order valence-corrected chi connectivity index (χ4v) is 3.90. The molecule has 1 saturated heterocycles. The van der Waals surface area contributed by atoms with Crippen molar-refractivity contribution in [2.75, 3.05) is 44.7 Å². The lowest BCUT2D eigenvalue weighted by molar-refractivity contribution is -0.384. The summed E-state index contributed by atoms with van der Waals surface area (Å²) in [6, 6.07) is 4.41. The second kappa shape index (κ2) is 7.47. The van der Waals surface area contributed by atoms with Gasteiger partial charge in [0.2, 0.25) is 0 Å². The van der Waals surface area contributed by atoms with Gasteiger partial charge in [-0.3, -0.25) is 14.9 Å². The molecule has 9 heteroatoms. The summed E-state index contributed by atoms with van der Waals surface area (Å²) in [5, 5.41) is 12.0. The molecule has 2 aromatic rings. The zero-order chi connectivity index (χ0) is 20.7. The molecule has 0 unspecified atom stereocenters. The third kappa shape index (κ3) is 3.57. The zero-order valence-corrected chi connectivity index (χ0v) is 16.6. The molecule has 1 aromatic heterocycles. The Kier molecular flexibility index (Phi) is 4.99. The van der Waals surface area contributed by atoms with Crippen molar-refractivity contribution in [3.63, 3.8) is 0 Å². The minimum absolute atomic E-state index is 0.0783. The number of nitro groups is 1. The van der Waals surface area contributed by atoms with E-state index in [0.717, 1.165) is 25.9 Å². The summed E-state index contributed by atoms with van der Waals surface area (Å²) in [5.74, 6) is -0.544. The smallest absolute Gasteiger partial charge is 0.355 e. The minimum Gasteiger partial charge on any atom is -0.461 e. The largest absolute Gasteiger partial charge is 0.461 e. The Labute approximate surface area is 167 Å². The molecule has 1 saturated carbocycles. The number of fused-ring (bicyclic) bond motifs is 1. The molecule has 1 aliphatic carbocycles. The van der Waals surface area contributed by atoms with Crippen LogP contribution in [0.2, 0.25) is 0 Å². The third-order valence-electron chi connectivity index (χ3n) is 5.58. The molecule has 0 bridgehead atoms. The number of rotatable bonds is 5. The molecule has 0 radical (unpaired) electrons. The Hall–Kier alpha value is -2.94. The van der Waals surface area contributed by atoms with E-state index in [1.165, 1.54) is 12.1 Å². The lowest BCUT2D eigenvalue weighted by atomic mass is 10.1. The highest BCUT2D eigenvalue weighted by Gasteiger charge is 2.32. The molecule has 0 N–H and O–H groups in total. The molecule has 154 valence electrons. The number of aromatic nitrogens is 1. The van der Waals surface area contributed by atoms with Crippen LogP contribution in [0.15, 0.2) is 23.0 Å². The molecule has 4 rings (SSSR count). The maximum absolute atomic E-state index is 12.7. The molecule has 1 aromatic carbocycles. The summed E-state index contributed by atoms with van der Waals surface area (Å²) in [4.78, 5) is 40.7. The second-order valence-corrected chi connectivity index (χ2v) is 7.62. The van der Waals surface area contributed by atoms with Gasteiger partial charge >= 0.3 is 5.97 Å². The van der Waals surface area contributed by atoms with E-state index in [1.807, 2.05) is 16.5 Å². The summed E-state index contributed by atoms with van der Waals surface area (Å²) in [5.41, 5.74) is 0.774. The molecule has 1 aliphatic heterocycles. The highest BCUT2D eigenvalue weighted by Crippen LogP contribution is 2.40. The van der Waals surface area contributed by atoms with Crippen LogP contribution in [0.5, 0.6) is 0 Å². The topological polar surface area (TPSA) is 97.9 Å². The average Bonchev–Trinajstić information content (AvgIpc) is 3.52. The van der Waals surface area contributed by atoms with Gasteiger partial charge in [0.25, 0.3) is 5.69 Å². The molecule has 29 heavy (non-hydrogen) atoms. The van der Waals surface area contributed by atoms with Crippen LogP contribution in [0.25, 0.3) is 10.9 Å². The highest BCUT2D eigenvalue weighted by molar-refractivity contribution is 5.94. The lowest BCUT2D eigenvalue weighted by Crippen LogP contribution is -2.44. The van der Waals surface area contributed by atoms with Crippen LogP contribution in [0, 0.1) is 10.1 Å². The normalized spacial score (nSPS) is 17.5. The van der Waals surface area contributed by atoms with Crippen molar-refractivity contribution in [2.24, 2.45) is 0 Å². The Morgan fingerprint density at radius 3 is 2.48 bits per heavy atom. The van der Waals surface area contributed by atoms with E-state index in [4.69, 9.17) is 4.74 Å². The molecule has 0 amide bonds. The monoisotopic (exact) mass is 400 g/mol. The Bertz CT molecular complexity index is 1040. The van der Waals surface area contributed by atoms with E-state index in [0.29, 0.717) is 24.3 Å². The molecular weight excluding hydrogens is 376 g/mol. The van der Waals surface area contributed by atoms with Crippen molar-refractivity contribution in [2.45, 2.75) is 25.8 Å². The first-order chi connectivity index (χ1) is 13.9. The van der Waals surface area contributed by atoms with Gasteiger partial charge in [0.05, 0.1) is 22.4 Å². The summed E-state index contributed by atoms with van der Waals surface area (Å²) in [7, 11) is 2.02. The maximum atomic E-state index is 12.7. The Balaban J connectivity index is 1.95. The number of carbonyl (C=O) groups excluding carboxylic acids is 1. The van der Waals surface area contributed by atoms with E-state index in [2.05, 4.69) is 4.90 Å². The Morgan fingerprint density at radius 2 is 1.90 bits per heavy atom. The number of hydrogen-bond acceptors (Lipinski definition) is 7. The number of nitrogens with zero attached hydrogens (tertiary/aromatic N) is 4. The fourth-order valence-electron chi connectivity index (χ4n) is 3.90. The number of pyridine rings is 1. The third-order valence-corrected chi connectivity index (χ3v) is 5.58. The van der Waals surface area contributed by atoms with Crippen molar-refractivity contribution < 1.29 is 14.5 Å². The van der Waals surface area contributed by atoms with Crippen LogP contribution in [0.3, 0.4) is 0 Å². The van der Waals surface area contributed by atoms with E-state index in [9.17, 15) is 19.7 Å². The van der Waals surface area contributed by atoms with Crippen molar-refractivity contribution >= 4 is 28.2 Å². The number of piperazine rings is 1. The van der Waals surface area contributed by atoms with Gasteiger partial charge in [-0.1, -0.05) is 0 Å². The van der Waals surface area contributed by atoms with E-state index in [-0.39, 0.29) is 29.4 Å². The van der Waals surface area contributed by atoms with Crippen molar-refractivity contribution in [1.29, 1.82) is 0 Å². The van der Waals surface area contributed by atoms with Crippen LogP contribution < -0.4 is 10.3 Å². The summed E-state index contributed by atoms with van der Waals surface area (Å²) >= 11 is 0. The fraction of sp³-hybridized carbons (Fsp3) is 0.500. The zero-order valence-electron chi connectivity index (χ0n) is 16.6. The summed E-state index contributed by atoms with van der Waals surface area (Å²) in [6.45, 7) is 4.85. The standard InChI is InChI=1S/C20H24N4O5/c1-3-29-20(26)18-12-19(25)14-10-17(24(27)28)16(22-8-6-21(2)7-9-22)11-15(14)23(18)13-4-5-13/h10-13H,3-9H2,1-2H3. The number of hydrogen-bond donors (Lipinski definition) is 0. The van der Waals surface area contributed by atoms with Gasteiger partial charge in [-0.15, -0.1) is 0 Å². The first-order valence-corrected chi connectivity index (χ1v) is 9.89. The van der Waals surface area contributed by atoms with E-state index >= 15 is 0 Å². The first kappa shape index (κ1) is 19.4. The Morgan fingerprint density at radius 1 is 1.21 bits per heavy atom. The number of esters is 1. The van der Waals surface area contributed by atoms with Gasteiger partial charge in [0, 0.05) is 44.4 Å². The van der Waals surface area contributed by atoms with Crippen molar-refractivity contribution in [3.05, 3.63) is 44.2 Å². The summed E-state index contributed by atoms with van der Waals surface area (Å²) in [6.07, 6.45) is 1.79. The quantitative estimate of drug-likeness (QED) is 0.431. The highest BCUT2D eigenvalue weighted by atomic mass is 16.6. The maximum Gasteiger partial charge on any atom is 0.355 e. The first-order valence-electron chi connectivity index (χ1n) is 9.89. The number of carbonyl (C=O) groups is 1. The lowest BCUT2D eigenvalue weighted by Gasteiger charge is -2.33. The van der Waals surface area contributed by atoms with Crippen LogP contribution >= 0.6 is 0 Å².